The molecule has 1 aromatic carbocycles. The van der Waals surface area contributed by atoms with Crippen LogP contribution in [0.3, 0.4) is 0 Å². The number of furan rings is 1. The van der Waals surface area contributed by atoms with Crippen LogP contribution in [0.5, 0.6) is 0 Å². The molecule has 0 amide bonds. The Kier molecular flexibility index (Phi) is 2.99. The predicted octanol–water partition coefficient (Wildman–Crippen LogP) is 3.76. The highest BCUT2D eigenvalue weighted by Crippen LogP contribution is 2.27. The van der Waals surface area contributed by atoms with Crippen molar-refractivity contribution in [3.05, 3.63) is 46.9 Å². The van der Waals surface area contributed by atoms with Gasteiger partial charge in [0.2, 0.25) is 0 Å². The van der Waals surface area contributed by atoms with Crippen LogP contribution in [0.15, 0.2) is 34.7 Å². The van der Waals surface area contributed by atoms with Crippen LogP contribution >= 0.6 is 11.6 Å². The summed E-state index contributed by atoms with van der Waals surface area (Å²) in [7, 11) is 0. The minimum absolute atomic E-state index is 0.0997. The van der Waals surface area contributed by atoms with E-state index >= 15 is 0 Å². The number of hydrogen-bond acceptors (Lipinski definition) is 2. The molecule has 1 heterocycles. The molecule has 0 radical (unpaired) electrons. The lowest BCUT2D eigenvalue weighted by atomic mass is 10.2. The van der Waals surface area contributed by atoms with Crippen molar-refractivity contribution in [2.45, 2.75) is 13.0 Å². The van der Waals surface area contributed by atoms with Crippen LogP contribution < -0.4 is 5.73 Å². The highest BCUT2D eigenvalue weighted by Gasteiger charge is 2.09. The lowest BCUT2D eigenvalue weighted by Gasteiger charge is -2.01. The maximum Gasteiger partial charge on any atom is 0.142 e. The zero-order valence-corrected chi connectivity index (χ0v) is 9.46. The second kappa shape index (κ2) is 4.28. The first-order valence-electron chi connectivity index (χ1n) is 4.88. The minimum Gasteiger partial charge on any atom is -0.459 e. The van der Waals surface area contributed by atoms with Crippen LogP contribution in [0.25, 0.3) is 11.3 Å². The number of halogens is 2. The molecule has 1 unspecified atom stereocenters. The zero-order valence-electron chi connectivity index (χ0n) is 8.71. The van der Waals surface area contributed by atoms with E-state index in [0.29, 0.717) is 17.1 Å². The fourth-order valence-corrected chi connectivity index (χ4v) is 1.52. The summed E-state index contributed by atoms with van der Waals surface area (Å²) in [5, 5.41) is 0.0997. The third kappa shape index (κ3) is 2.10. The fraction of sp³-hybridized carbons (Fsp3) is 0.167. The van der Waals surface area contributed by atoms with Gasteiger partial charge in [-0.25, -0.2) is 4.39 Å². The van der Waals surface area contributed by atoms with E-state index in [2.05, 4.69) is 0 Å². The summed E-state index contributed by atoms with van der Waals surface area (Å²) in [5.41, 5.74) is 6.32. The van der Waals surface area contributed by atoms with Gasteiger partial charge in [0, 0.05) is 5.56 Å². The second-order valence-electron chi connectivity index (χ2n) is 3.62. The average molecular weight is 240 g/mol. The highest BCUT2D eigenvalue weighted by molar-refractivity contribution is 6.30. The molecular formula is C12H11ClFNO. The van der Waals surface area contributed by atoms with Gasteiger partial charge in [-0.2, -0.15) is 0 Å². The number of rotatable bonds is 2. The van der Waals surface area contributed by atoms with Crippen LogP contribution in [-0.4, -0.2) is 0 Å². The Morgan fingerprint density at radius 2 is 2.06 bits per heavy atom. The summed E-state index contributed by atoms with van der Waals surface area (Å²) in [5.74, 6) is 0.797. The summed E-state index contributed by atoms with van der Waals surface area (Å²) in [4.78, 5) is 0. The molecule has 16 heavy (non-hydrogen) atoms. The Bertz CT molecular complexity index is 507. The first-order chi connectivity index (χ1) is 7.58. The Balaban J connectivity index is 2.39. The molecule has 0 aliphatic carbocycles. The van der Waals surface area contributed by atoms with E-state index in [-0.39, 0.29) is 11.1 Å². The third-order valence-electron chi connectivity index (χ3n) is 2.28. The smallest absolute Gasteiger partial charge is 0.142 e. The maximum absolute atomic E-state index is 13.2. The van der Waals surface area contributed by atoms with Gasteiger partial charge in [-0.05, 0) is 37.3 Å². The first-order valence-corrected chi connectivity index (χ1v) is 5.26. The number of nitrogens with two attached hydrogens (primary N) is 1. The Hall–Kier alpha value is -1.32. The molecule has 0 spiro atoms. The van der Waals surface area contributed by atoms with Gasteiger partial charge in [0.05, 0.1) is 11.1 Å². The summed E-state index contributed by atoms with van der Waals surface area (Å²) in [6.07, 6.45) is 0. The van der Waals surface area contributed by atoms with Crippen molar-refractivity contribution < 1.29 is 8.81 Å². The molecule has 0 aliphatic rings. The topological polar surface area (TPSA) is 39.2 Å². The first kappa shape index (κ1) is 11.2. The zero-order chi connectivity index (χ0) is 11.7. The molecule has 2 aromatic rings. The molecule has 84 valence electrons. The van der Waals surface area contributed by atoms with E-state index < -0.39 is 5.82 Å². The fourth-order valence-electron chi connectivity index (χ4n) is 1.40. The normalized spacial score (nSPS) is 12.8. The van der Waals surface area contributed by atoms with E-state index in [1.807, 2.05) is 6.92 Å². The van der Waals surface area contributed by atoms with Crippen LogP contribution in [0.4, 0.5) is 4.39 Å². The van der Waals surface area contributed by atoms with Crippen molar-refractivity contribution in [3.8, 4) is 11.3 Å². The molecule has 2 rings (SSSR count). The van der Waals surface area contributed by atoms with Gasteiger partial charge in [0.15, 0.2) is 0 Å². The van der Waals surface area contributed by atoms with E-state index in [1.165, 1.54) is 12.1 Å². The summed E-state index contributed by atoms with van der Waals surface area (Å²) in [6, 6.07) is 7.92. The van der Waals surface area contributed by atoms with Gasteiger partial charge in [-0.3, -0.25) is 0 Å². The lowest BCUT2D eigenvalue weighted by Crippen LogP contribution is -2.02. The van der Waals surface area contributed by atoms with Crippen LogP contribution in [0.1, 0.15) is 18.7 Å². The van der Waals surface area contributed by atoms with E-state index in [9.17, 15) is 4.39 Å². The molecule has 0 saturated carbocycles. The highest BCUT2D eigenvalue weighted by atomic mass is 35.5. The largest absolute Gasteiger partial charge is 0.459 e. The van der Waals surface area contributed by atoms with Gasteiger partial charge < -0.3 is 10.2 Å². The van der Waals surface area contributed by atoms with Crippen LogP contribution in [0, 0.1) is 5.82 Å². The molecule has 1 aromatic heterocycles. The average Bonchev–Trinajstić information content (AvgIpc) is 2.71. The van der Waals surface area contributed by atoms with Crippen LogP contribution in [-0.2, 0) is 0 Å². The van der Waals surface area contributed by atoms with Gasteiger partial charge in [-0.1, -0.05) is 11.6 Å². The van der Waals surface area contributed by atoms with E-state index in [0.717, 1.165) is 0 Å². The molecular weight excluding hydrogens is 229 g/mol. The van der Waals surface area contributed by atoms with Crippen molar-refractivity contribution in [1.82, 2.24) is 0 Å². The van der Waals surface area contributed by atoms with Crippen molar-refractivity contribution in [2.75, 3.05) is 0 Å². The Morgan fingerprint density at radius 3 is 2.62 bits per heavy atom. The van der Waals surface area contributed by atoms with Crippen molar-refractivity contribution >= 4 is 11.6 Å². The van der Waals surface area contributed by atoms with Crippen molar-refractivity contribution in [2.24, 2.45) is 5.73 Å². The van der Waals surface area contributed by atoms with Crippen molar-refractivity contribution in [3.63, 3.8) is 0 Å². The Labute approximate surface area is 97.8 Å². The minimum atomic E-state index is -0.460. The molecule has 2 nitrogen and oxygen atoms in total. The van der Waals surface area contributed by atoms with Gasteiger partial charge >= 0.3 is 0 Å². The van der Waals surface area contributed by atoms with Crippen LogP contribution in [0.2, 0.25) is 5.02 Å². The molecule has 0 aliphatic heterocycles. The van der Waals surface area contributed by atoms with Gasteiger partial charge in [-0.15, -0.1) is 0 Å². The monoisotopic (exact) mass is 239 g/mol. The number of benzene rings is 1. The van der Waals surface area contributed by atoms with Gasteiger partial charge in [0.25, 0.3) is 0 Å². The summed E-state index contributed by atoms with van der Waals surface area (Å²) >= 11 is 5.60. The quantitative estimate of drug-likeness (QED) is 0.867. The summed E-state index contributed by atoms with van der Waals surface area (Å²) < 4.78 is 18.7. The molecule has 0 fully saturated rings. The molecule has 2 N–H and O–H groups in total. The van der Waals surface area contributed by atoms with Crippen molar-refractivity contribution in [1.29, 1.82) is 0 Å². The standard InChI is InChI=1S/C12H11ClFNO/c1-7(15)11-4-5-12(16-11)8-2-3-9(13)10(14)6-8/h2-7H,15H2,1H3. The summed E-state index contributed by atoms with van der Waals surface area (Å²) in [6.45, 7) is 1.82. The maximum atomic E-state index is 13.2. The lowest BCUT2D eigenvalue weighted by molar-refractivity contribution is 0.490. The SMILES string of the molecule is CC(N)c1ccc(-c2ccc(Cl)c(F)c2)o1. The molecule has 0 saturated heterocycles. The molecule has 4 heteroatoms. The predicted molar refractivity (Wildman–Crippen MR) is 61.7 cm³/mol. The van der Waals surface area contributed by atoms with E-state index in [4.69, 9.17) is 21.8 Å². The molecule has 0 bridgehead atoms. The second-order valence-corrected chi connectivity index (χ2v) is 4.03. The van der Waals surface area contributed by atoms with Gasteiger partial charge in [0.1, 0.15) is 17.3 Å². The number of hydrogen-bond donors (Lipinski definition) is 1. The van der Waals surface area contributed by atoms with E-state index in [1.54, 1.807) is 18.2 Å². The molecule has 1 atom stereocenters. The third-order valence-corrected chi connectivity index (χ3v) is 2.59. The Morgan fingerprint density at radius 1 is 1.31 bits per heavy atom.